The molecule has 0 saturated carbocycles. The summed E-state index contributed by atoms with van der Waals surface area (Å²) < 4.78 is 2.37. The quantitative estimate of drug-likeness (QED) is 0.357. The highest BCUT2D eigenvalue weighted by Crippen LogP contribution is 2.43. The van der Waals surface area contributed by atoms with Gasteiger partial charge in [0.1, 0.15) is 0 Å². The van der Waals surface area contributed by atoms with E-state index in [9.17, 15) is 0 Å². The molecule has 0 fully saturated rings. The van der Waals surface area contributed by atoms with Crippen molar-refractivity contribution in [2.45, 2.75) is 0 Å². The Morgan fingerprint density at radius 3 is 1.81 bits per heavy atom. The van der Waals surface area contributed by atoms with Crippen LogP contribution in [0.1, 0.15) is 11.1 Å². The van der Waals surface area contributed by atoms with Crippen LogP contribution in [-0.4, -0.2) is 4.57 Å². The average molecular weight is 331 g/mol. The lowest BCUT2D eigenvalue weighted by molar-refractivity contribution is 0.932. The van der Waals surface area contributed by atoms with E-state index < -0.39 is 0 Å². The van der Waals surface area contributed by atoms with Gasteiger partial charge in [-0.2, -0.15) is 0 Å². The van der Waals surface area contributed by atoms with Gasteiger partial charge >= 0.3 is 0 Å². The maximum absolute atomic E-state index is 2.37. The van der Waals surface area contributed by atoms with Gasteiger partial charge in [-0.25, -0.2) is 0 Å². The number of nitrogens with zero attached hydrogens (tertiary/aromatic N) is 1. The molecule has 4 aromatic carbocycles. The highest BCUT2D eigenvalue weighted by atomic mass is 14.9. The molecule has 1 heteroatoms. The Hall–Kier alpha value is -3.32. The standard InChI is InChI=1S/C25H17N/c1-26-22-15-7-9-16-8-6-14-21(23(16)22)25(26)24-19-12-4-2-10-17(19)18-11-3-5-13-20(18)24/h2-15H,1H3. The summed E-state index contributed by atoms with van der Waals surface area (Å²) in [4.78, 5) is 0. The van der Waals surface area contributed by atoms with Crippen molar-refractivity contribution >= 4 is 27.2 Å². The SMILES string of the molecule is Cn1c(=C2c3ccccc3-c3ccccc32)c2cccc3cccc1c32. The largest absolute Gasteiger partial charge is 0.343 e. The fourth-order valence-corrected chi connectivity index (χ4v) is 4.67. The first-order chi connectivity index (χ1) is 12.8. The number of aryl methyl sites for hydroxylation is 1. The van der Waals surface area contributed by atoms with Gasteiger partial charge in [0.15, 0.2) is 0 Å². The zero-order valence-electron chi connectivity index (χ0n) is 14.5. The van der Waals surface area contributed by atoms with Crippen LogP contribution >= 0.6 is 0 Å². The molecule has 1 nitrogen and oxygen atoms in total. The van der Waals surface area contributed by atoms with E-state index in [0.717, 1.165) is 0 Å². The molecular formula is C25H17N. The lowest BCUT2D eigenvalue weighted by Crippen LogP contribution is -2.17. The summed E-state index contributed by atoms with van der Waals surface area (Å²) in [6, 6.07) is 30.8. The fraction of sp³-hybridized carbons (Fsp3) is 0.0400. The van der Waals surface area contributed by atoms with E-state index in [0.29, 0.717) is 0 Å². The van der Waals surface area contributed by atoms with Crippen molar-refractivity contribution in [2.24, 2.45) is 7.05 Å². The summed E-state index contributed by atoms with van der Waals surface area (Å²) in [5, 5.41) is 5.32. The molecule has 5 aromatic rings. The highest BCUT2D eigenvalue weighted by molar-refractivity contribution is 6.12. The smallest absolute Gasteiger partial charge is 0.0575 e. The molecule has 1 aliphatic carbocycles. The van der Waals surface area contributed by atoms with Gasteiger partial charge in [0.2, 0.25) is 0 Å². The van der Waals surface area contributed by atoms with Gasteiger partial charge in [0.25, 0.3) is 0 Å². The molecule has 1 aliphatic rings. The number of benzene rings is 4. The summed E-state index contributed by atoms with van der Waals surface area (Å²) in [7, 11) is 2.20. The molecule has 0 aliphatic heterocycles. The van der Waals surface area contributed by atoms with E-state index in [4.69, 9.17) is 0 Å². The topological polar surface area (TPSA) is 4.93 Å². The fourth-order valence-electron chi connectivity index (χ4n) is 4.67. The number of hydrogen-bond donors (Lipinski definition) is 0. The maximum atomic E-state index is 2.37. The Balaban J connectivity index is 1.95. The van der Waals surface area contributed by atoms with Gasteiger partial charge in [-0.3, -0.25) is 0 Å². The van der Waals surface area contributed by atoms with Gasteiger partial charge in [-0.15, -0.1) is 0 Å². The molecular weight excluding hydrogens is 314 g/mol. The Labute approximate surface area is 151 Å². The second kappa shape index (κ2) is 4.86. The van der Waals surface area contributed by atoms with E-state index in [1.165, 1.54) is 54.9 Å². The molecule has 1 heterocycles. The van der Waals surface area contributed by atoms with Crippen molar-refractivity contribution in [1.29, 1.82) is 0 Å². The van der Waals surface area contributed by atoms with Crippen LogP contribution < -0.4 is 5.35 Å². The average Bonchev–Trinajstić information content (AvgIpc) is 3.16. The van der Waals surface area contributed by atoms with Crippen molar-refractivity contribution in [3.05, 3.63) is 101 Å². The summed E-state index contributed by atoms with van der Waals surface area (Å²) in [6.45, 7) is 0. The Morgan fingerprint density at radius 1 is 0.577 bits per heavy atom. The molecule has 0 unspecified atom stereocenters. The predicted octanol–water partition coefficient (Wildman–Crippen LogP) is 5.28. The van der Waals surface area contributed by atoms with Crippen LogP contribution in [0.2, 0.25) is 0 Å². The Bertz CT molecular complexity index is 1330. The molecule has 0 N–H and O–H groups in total. The van der Waals surface area contributed by atoms with E-state index in [1.54, 1.807) is 0 Å². The van der Waals surface area contributed by atoms with Crippen molar-refractivity contribution in [1.82, 2.24) is 4.57 Å². The lowest BCUT2D eigenvalue weighted by atomic mass is 10.0. The first-order valence-corrected chi connectivity index (χ1v) is 9.04. The molecule has 0 amide bonds. The second-order valence-corrected chi connectivity index (χ2v) is 7.05. The first kappa shape index (κ1) is 13.9. The highest BCUT2D eigenvalue weighted by Gasteiger charge is 2.25. The van der Waals surface area contributed by atoms with Crippen LogP contribution in [-0.2, 0) is 7.05 Å². The van der Waals surface area contributed by atoms with Crippen LogP contribution in [0.3, 0.4) is 0 Å². The molecule has 122 valence electrons. The molecule has 1 aromatic heterocycles. The normalized spacial score (nSPS) is 12.7. The molecule has 0 spiro atoms. The summed E-state index contributed by atoms with van der Waals surface area (Å²) >= 11 is 0. The van der Waals surface area contributed by atoms with Crippen LogP contribution in [0, 0.1) is 0 Å². The lowest BCUT2D eigenvalue weighted by Gasteiger charge is -2.05. The Morgan fingerprint density at radius 2 is 1.15 bits per heavy atom. The molecule has 26 heavy (non-hydrogen) atoms. The molecule has 0 radical (unpaired) electrons. The summed E-state index contributed by atoms with van der Waals surface area (Å²) in [5.41, 5.74) is 7.98. The molecule has 6 rings (SSSR count). The zero-order chi connectivity index (χ0) is 17.3. The number of aromatic nitrogens is 1. The van der Waals surface area contributed by atoms with E-state index >= 15 is 0 Å². The minimum absolute atomic E-state index is 1.29. The minimum Gasteiger partial charge on any atom is -0.343 e. The van der Waals surface area contributed by atoms with E-state index in [1.807, 2.05) is 0 Å². The van der Waals surface area contributed by atoms with Crippen LogP contribution in [0.5, 0.6) is 0 Å². The summed E-state index contributed by atoms with van der Waals surface area (Å²) in [6.07, 6.45) is 0. The van der Waals surface area contributed by atoms with Crippen LogP contribution in [0.15, 0.2) is 84.9 Å². The Kier molecular flexibility index (Phi) is 2.60. The van der Waals surface area contributed by atoms with Crippen molar-refractivity contribution in [3.8, 4) is 11.1 Å². The molecule has 0 atom stereocenters. The van der Waals surface area contributed by atoms with Gasteiger partial charge in [0, 0.05) is 28.9 Å². The zero-order valence-corrected chi connectivity index (χ0v) is 14.5. The van der Waals surface area contributed by atoms with Gasteiger partial charge < -0.3 is 4.57 Å². The van der Waals surface area contributed by atoms with Crippen LogP contribution in [0.4, 0.5) is 0 Å². The van der Waals surface area contributed by atoms with Crippen LogP contribution in [0.25, 0.3) is 38.4 Å². The third-order valence-corrected chi connectivity index (χ3v) is 5.75. The van der Waals surface area contributed by atoms with Gasteiger partial charge in [0.05, 0.1) is 5.35 Å². The molecule has 0 saturated heterocycles. The number of rotatable bonds is 0. The van der Waals surface area contributed by atoms with Crippen molar-refractivity contribution < 1.29 is 0 Å². The maximum Gasteiger partial charge on any atom is 0.0575 e. The second-order valence-electron chi connectivity index (χ2n) is 7.05. The monoisotopic (exact) mass is 331 g/mol. The summed E-state index contributed by atoms with van der Waals surface area (Å²) in [5.74, 6) is 0. The third kappa shape index (κ3) is 1.60. The van der Waals surface area contributed by atoms with E-state index in [-0.39, 0.29) is 0 Å². The van der Waals surface area contributed by atoms with Crippen molar-refractivity contribution in [2.75, 3.05) is 0 Å². The molecule has 0 bridgehead atoms. The number of hydrogen-bond acceptors (Lipinski definition) is 0. The number of fused-ring (bicyclic) bond motifs is 3. The van der Waals surface area contributed by atoms with E-state index in [2.05, 4.69) is 96.5 Å². The van der Waals surface area contributed by atoms with Gasteiger partial charge in [-0.1, -0.05) is 78.9 Å². The first-order valence-electron chi connectivity index (χ1n) is 9.04. The third-order valence-electron chi connectivity index (χ3n) is 5.75. The minimum atomic E-state index is 1.29. The van der Waals surface area contributed by atoms with Crippen molar-refractivity contribution in [3.63, 3.8) is 0 Å². The predicted molar refractivity (Wildman–Crippen MR) is 109 cm³/mol. The van der Waals surface area contributed by atoms with Gasteiger partial charge in [-0.05, 0) is 33.7 Å².